The number of benzene rings is 1. The molecular weight excluding hydrogens is 318 g/mol. The first-order valence-electron chi connectivity index (χ1n) is 7.71. The van der Waals surface area contributed by atoms with Crippen molar-refractivity contribution in [1.29, 1.82) is 0 Å². The Morgan fingerprint density at radius 2 is 2.09 bits per heavy atom. The third-order valence-corrected chi connectivity index (χ3v) is 4.25. The van der Waals surface area contributed by atoms with Crippen molar-refractivity contribution < 1.29 is 19.2 Å². The second-order valence-corrected chi connectivity index (χ2v) is 6.17. The van der Waals surface area contributed by atoms with Gasteiger partial charge in [-0.05, 0) is 25.1 Å². The van der Waals surface area contributed by atoms with Crippen molar-refractivity contribution in [3.8, 4) is 0 Å². The molecule has 0 radical (unpaired) electrons. The van der Waals surface area contributed by atoms with E-state index in [9.17, 15) is 9.59 Å². The van der Waals surface area contributed by atoms with Gasteiger partial charge in [0.25, 0.3) is 11.8 Å². The van der Waals surface area contributed by atoms with Crippen LogP contribution >= 0.6 is 11.6 Å². The molecule has 1 aliphatic heterocycles. The maximum Gasteiger partial charge on any atom is 0.282 e. The third kappa shape index (κ3) is 5.20. The molecule has 2 atom stereocenters. The molecule has 0 spiro atoms. The highest BCUT2D eigenvalue weighted by molar-refractivity contribution is 6.30. The highest BCUT2D eigenvalue weighted by Crippen LogP contribution is 2.14. The average molecular weight is 341 g/mol. The zero-order chi connectivity index (χ0) is 16.8. The zero-order valence-corrected chi connectivity index (χ0v) is 14.2. The van der Waals surface area contributed by atoms with Crippen molar-refractivity contribution >= 4 is 29.1 Å². The summed E-state index contributed by atoms with van der Waals surface area (Å²) >= 11 is 5.91. The van der Waals surface area contributed by atoms with Crippen LogP contribution in [-0.4, -0.2) is 62.7 Å². The minimum absolute atomic E-state index is 0.0493. The first-order valence-corrected chi connectivity index (χ1v) is 8.09. The number of anilines is 1. The first-order chi connectivity index (χ1) is 11.0. The van der Waals surface area contributed by atoms with Crippen molar-refractivity contribution in [3.63, 3.8) is 0 Å². The Bertz CT molecular complexity index is 561. The molecule has 1 heterocycles. The second kappa shape index (κ2) is 8.29. The summed E-state index contributed by atoms with van der Waals surface area (Å²) in [5.41, 5.74) is 0.654. The Labute approximate surface area is 141 Å². The number of likely N-dealkylation sites (N-methyl/N-ethyl adjacent to an activating group) is 1. The molecule has 0 aliphatic carbocycles. The van der Waals surface area contributed by atoms with Gasteiger partial charge >= 0.3 is 0 Å². The van der Waals surface area contributed by atoms with E-state index in [0.29, 0.717) is 37.0 Å². The smallest absolute Gasteiger partial charge is 0.282 e. The molecule has 0 saturated carbocycles. The summed E-state index contributed by atoms with van der Waals surface area (Å²) in [7, 11) is 1.85. The summed E-state index contributed by atoms with van der Waals surface area (Å²) in [6.45, 7) is 4.49. The predicted molar refractivity (Wildman–Crippen MR) is 88.7 cm³/mol. The number of halogens is 1. The minimum Gasteiger partial charge on any atom is -0.378 e. The van der Waals surface area contributed by atoms with Crippen molar-refractivity contribution in [1.82, 2.24) is 4.90 Å². The van der Waals surface area contributed by atoms with Crippen LogP contribution in [0.2, 0.25) is 5.02 Å². The van der Waals surface area contributed by atoms with E-state index in [1.54, 1.807) is 29.2 Å². The number of rotatable bonds is 5. The SMILES string of the molecule is C[C@@H](C(=O)Nc1cccc(Cl)c1)[NH+](C)CC(=O)N1CCOCC1. The van der Waals surface area contributed by atoms with Gasteiger partial charge in [0.1, 0.15) is 0 Å². The van der Waals surface area contributed by atoms with Crippen LogP contribution in [0.3, 0.4) is 0 Å². The highest BCUT2D eigenvalue weighted by Gasteiger charge is 2.26. The van der Waals surface area contributed by atoms with E-state index in [-0.39, 0.29) is 24.4 Å². The molecule has 126 valence electrons. The van der Waals surface area contributed by atoms with Crippen LogP contribution in [-0.2, 0) is 14.3 Å². The molecule has 0 aromatic heterocycles. The van der Waals surface area contributed by atoms with Crippen molar-refractivity contribution in [2.45, 2.75) is 13.0 Å². The fourth-order valence-electron chi connectivity index (χ4n) is 2.36. The van der Waals surface area contributed by atoms with E-state index >= 15 is 0 Å². The number of ether oxygens (including phenoxy) is 1. The fourth-order valence-corrected chi connectivity index (χ4v) is 2.55. The van der Waals surface area contributed by atoms with E-state index < -0.39 is 0 Å². The predicted octanol–water partition coefficient (Wildman–Crippen LogP) is 0.0405. The van der Waals surface area contributed by atoms with Crippen molar-refractivity contribution in [3.05, 3.63) is 29.3 Å². The summed E-state index contributed by atoms with van der Waals surface area (Å²) in [4.78, 5) is 27.2. The number of hydrogen-bond acceptors (Lipinski definition) is 3. The molecule has 1 aromatic rings. The van der Waals surface area contributed by atoms with Crippen LogP contribution in [0.15, 0.2) is 24.3 Å². The number of carbonyl (C=O) groups excluding carboxylic acids is 2. The lowest BCUT2D eigenvalue weighted by molar-refractivity contribution is -0.886. The first kappa shape index (κ1) is 17.7. The summed E-state index contributed by atoms with van der Waals surface area (Å²) < 4.78 is 5.24. The van der Waals surface area contributed by atoms with Gasteiger partial charge in [-0.3, -0.25) is 9.59 Å². The van der Waals surface area contributed by atoms with E-state index in [2.05, 4.69) is 5.32 Å². The third-order valence-electron chi connectivity index (χ3n) is 4.02. The lowest BCUT2D eigenvalue weighted by Gasteiger charge is -2.28. The average Bonchev–Trinajstić information content (AvgIpc) is 2.54. The molecule has 2 rings (SSSR count). The number of nitrogens with zero attached hydrogens (tertiary/aromatic N) is 1. The van der Waals surface area contributed by atoms with E-state index in [0.717, 1.165) is 4.90 Å². The van der Waals surface area contributed by atoms with Gasteiger partial charge in [-0.25, -0.2) is 0 Å². The topological polar surface area (TPSA) is 63.1 Å². The number of carbonyl (C=O) groups is 2. The number of hydrogen-bond donors (Lipinski definition) is 2. The number of nitrogens with one attached hydrogen (secondary N) is 2. The summed E-state index contributed by atoms with van der Waals surface area (Å²) in [5, 5.41) is 3.40. The lowest BCUT2D eigenvalue weighted by Crippen LogP contribution is -3.15. The standard InChI is InChI=1S/C16H22ClN3O3/c1-12(16(22)18-14-5-3-4-13(17)10-14)19(2)11-15(21)20-6-8-23-9-7-20/h3-5,10,12H,6-9,11H2,1-2H3,(H,18,22)/p+1/t12-/m0/s1. The van der Waals surface area contributed by atoms with E-state index in [4.69, 9.17) is 16.3 Å². The minimum atomic E-state index is -0.348. The van der Waals surface area contributed by atoms with Gasteiger partial charge in [0.2, 0.25) is 0 Å². The molecule has 6 nitrogen and oxygen atoms in total. The molecule has 1 unspecified atom stereocenters. The molecule has 1 aromatic carbocycles. The van der Waals surface area contributed by atoms with Crippen molar-refractivity contribution in [2.24, 2.45) is 0 Å². The summed E-state index contributed by atoms with van der Waals surface area (Å²) in [6, 6.07) is 6.66. The van der Waals surface area contributed by atoms with Gasteiger partial charge in [-0.1, -0.05) is 17.7 Å². The Morgan fingerprint density at radius 1 is 1.39 bits per heavy atom. The lowest BCUT2D eigenvalue weighted by atomic mass is 10.2. The van der Waals surface area contributed by atoms with Crippen molar-refractivity contribution in [2.75, 3.05) is 45.2 Å². The molecule has 1 fully saturated rings. The normalized spacial score (nSPS) is 17.4. The van der Waals surface area contributed by atoms with Gasteiger partial charge in [0, 0.05) is 23.8 Å². The molecular formula is C16H23ClN3O3+. The van der Waals surface area contributed by atoms with Gasteiger partial charge in [-0.2, -0.15) is 0 Å². The van der Waals surface area contributed by atoms with Crippen LogP contribution < -0.4 is 10.2 Å². The molecule has 2 amide bonds. The largest absolute Gasteiger partial charge is 0.378 e. The highest BCUT2D eigenvalue weighted by atomic mass is 35.5. The van der Waals surface area contributed by atoms with Gasteiger partial charge in [-0.15, -0.1) is 0 Å². The van der Waals surface area contributed by atoms with E-state index in [1.807, 2.05) is 14.0 Å². The molecule has 7 heteroatoms. The monoisotopic (exact) mass is 340 g/mol. The zero-order valence-electron chi connectivity index (χ0n) is 13.5. The number of morpholine rings is 1. The van der Waals surface area contributed by atoms with Crippen LogP contribution in [0.1, 0.15) is 6.92 Å². The van der Waals surface area contributed by atoms with E-state index in [1.165, 1.54) is 0 Å². The van der Waals surface area contributed by atoms with Crippen LogP contribution in [0, 0.1) is 0 Å². The van der Waals surface area contributed by atoms with Gasteiger partial charge < -0.3 is 19.9 Å². The second-order valence-electron chi connectivity index (χ2n) is 5.74. The Balaban J connectivity index is 1.86. The maximum absolute atomic E-state index is 12.3. The molecule has 1 aliphatic rings. The Morgan fingerprint density at radius 3 is 2.74 bits per heavy atom. The Kier molecular flexibility index (Phi) is 6.38. The Hall–Kier alpha value is -1.63. The molecule has 0 bridgehead atoms. The van der Waals surface area contributed by atoms with Crippen LogP contribution in [0.5, 0.6) is 0 Å². The molecule has 23 heavy (non-hydrogen) atoms. The van der Waals surface area contributed by atoms with Crippen LogP contribution in [0.25, 0.3) is 0 Å². The van der Waals surface area contributed by atoms with Crippen LogP contribution in [0.4, 0.5) is 5.69 Å². The fraction of sp³-hybridized carbons (Fsp3) is 0.500. The quantitative estimate of drug-likeness (QED) is 0.795. The number of amides is 2. The molecule has 2 N–H and O–H groups in total. The maximum atomic E-state index is 12.3. The molecule has 1 saturated heterocycles. The summed E-state index contributed by atoms with van der Waals surface area (Å²) in [6.07, 6.45) is 0. The van der Waals surface area contributed by atoms with Gasteiger partial charge in [0.15, 0.2) is 12.6 Å². The number of quaternary nitrogens is 1. The summed E-state index contributed by atoms with van der Waals surface area (Å²) in [5.74, 6) is -0.0900. The van der Waals surface area contributed by atoms with Gasteiger partial charge in [0.05, 0.1) is 20.3 Å².